The summed E-state index contributed by atoms with van der Waals surface area (Å²) in [5, 5.41) is 0. The highest BCUT2D eigenvalue weighted by Gasteiger charge is 2.33. The van der Waals surface area contributed by atoms with Gasteiger partial charge >= 0.3 is 5.97 Å². The molecule has 4 rings (SSSR count). The van der Waals surface area contributed by atoms with Gasteiger partial charge in [-0.2, -0.15) is 0 Å². The Morgan fingerprint density at radius 3 is 2.45 bits per heavy atom. The van der Waals surface area contributed by atoms with E-state index in [9.17, 15) is 14.0 Å². The minimum absolute atomic E-state index is 0.188. The predicted molar refractivity (Wildman–Crippen MR) is 124 cm³/mol. The third kappa shape index (κ3) is 4.52. The van der Waals surface area contributed by atoms with Crippen molar-refractivity contribution >= 4 is 23.4 Å². The molecule has 1 aliphatic rings. The molecule has 2 heterocycles. The van der Waals surface area contributed by atoms with Crippen LogP contribution in [0.3, 0.4) is 0 Å². The fourth-order valence-electron chi connectivity index (χ4n) is 3.73. The van der Waals surface area contributed by atoms with Gasteiger partial charge in [0.2, 0.25) is 0 Å². The van der Waals surface area contributed by atoms with Gasteiger partial charge in [0.15, 0.2) is 4.80 Å². The molecule has 33 heavy (non-hydrogen) atoms. The number of ether oxygens (including phenoxy) is 2. The average Bonchev–Trinajstić information content (AvgIpc) is 3.09. The fourth-order valence-corrected chi connectivity index (χ4v) is 4.78. The van der Waals surface area contributed by atoms with E-state index in [1.54, 1.807) is 32.1 Å². The number of nitrogens with zero attached hydrogens (tertiary/aromatic N) is 2. The molecule has 1 atom stereocenters. The van der Waals surface area contributed by atoms with Crippen LogP contribution in [0, 0.1) is 5.82 Å². The van der Waals surface area contributed by atoms with Crippen molar-refractivity contribution in [1.29, 1.82) is 0 Å². The largest absolute Gasteiger partial charge is 0.494 e. The quantitative estimate of drug-likeness (QED) is 0.523. The Labute approximate surface area is 193 Å². The summed E-state index contributed by atoms with van der Waals surface area (Å²) in [6.07, 6.45) is 1.78. The van der Waals surface area contributed by atoms with Crippen LogP contribution in [0.15, 0.2) is 69.6 Å². The van der Waals surface area contributed by atoms with Crippen LogP contribution in [0.1, 0.15) is 37.9 Å². The van der Waals surface area contributed by atoms with Crippen molar-refractivity contribution in [2.45, 2.75) is 26.8 Å². The average molecular weight is 467 g/mol. The van der Waals surface area contributed by atoms with Gasteiger partial charge in [-0.25, -0.2) is 14.2 Å². The number of aromatic nitrogens is 1. The highest BCUT2D eigenvalue weighted by Crippen LogP contribution is 2.30. The molecular formula is C25H23FN2O4S. The number of halogens is 1. The number of hydrogen-bond donors (Lipinski definition) is 0. The molecule has 0 aliphatic carbocycles. The van der Waals surface area contributed by atoms with Gasteiger partial charge in [0, 0.05) is 0 Å². The fraction of sp³-hybridized carbons (Fsp3) is 0.240. The van der Waals surface area contributed by atoms with Crippen LogP contribution in [0.25, 0.3) is 6.08 Å². The second-order valence-electron chi connectivity index (χ2n) is 7.36. The van der Waals surface area contributed by atoms with E-state index in [1.807, 2.05) is 31.2 Å². The van der Waals surface area contributed by atoms with Crippen LogP contribution in [0.4, 0.5) is 4.39 Å². The Kier molecular flexibility index (Phi) is 6.55. The Hall–Kier alpha value is -3.52. The molecule has 3 aromatic rings. The molecular weight excluding hydrogens is 443 g/mol. The van der Waals surface area contributed by atoms with E-state index in [1.165, 1.54) is 28.0 Å². The second-order valence-corrected chi connectivity index (χ2v) is 8.36. The van der Waals surface area contributed by atoms with Gasteiger partial charge in [-0.05, 0) is 62.2 Å². The van der Waals surface area contributed by atoms with Crippen molar-refractivity contribution in [2.75, 3.05) is 13.2 Å². The van der Waals surface area contributed by atoms with Crippen LogP contribution >= 0.6 is 11.3 Å². The predicted octanol–water partition coefficient (Wildman–Crippen LogP) is 3.34. The van der Waals surface area contributed by atoms with Crippen LogP contribution in [0.5, 0.6) is 5.75 Å². The number of allylic oxidation sites excluding steroid dienone is 1. The highest BCUT2D eigenvalue weighted by atomic mass is 32.1. The maximum Gasteiger partial charge on any atom is 0.338 e. The minimum atomic E-state index is -0.761. The molecule has 0 saturated heterocycles. The number of carbonyl (C=O) groups is 1. The lowest BCUT2D eigenvalue weighted by Gasteiger charge is -2.24. The van der Waals surface area contributed by atoms with Crippen molar-refractivity contribution in [2.24, 2.45) is 4.99 Å². The first-order valence-electron chi connectivity index (χ1n) is 10.6. The van der Waals surface area contributed by atoms with E-state index >= 15 is 0 Å². The Morgan fingerprint density at radius 1 is 1.12 bits per heavy atom. The SMILES string of the molecule is CCOC(=O)C1=C(C)N=c2s/c(=C\c3ccc(OCC)cc3)c(=O)n2[C@@H]1c1ccc(F)cc1. The van der Waals surface area contributed by atoms with Crippen molar-refractivity contribution in [1.82, 2.24) is 4.57 Å². The van der Waals surface area contributed by atoms with Crippen LogP contribution < -0.4 is 19.6 Å². The summed E-state index contributed by atoms with van der Waals surface area (Å²) in [5.74, 6) is -0.198. The van der Waals surface area contributed by atoms with Gasteiger partial charge in [-0.15, -0.1) is 0 Å². The van der Waals surface area contributed by atoms with Crippen LogP contribution in [0.2, 0.25) is 0 Å². The Morgan fingerprint density at radius 2 is 1.82 bits per heavy atom. The monoisotopic (exact) mass is 466 g/mol. The van der Waals surface area contributed by atoms with E-state index in [0.717, 1.165) is 11.3 Å². The summed E-state index contributed by atoms with van der Waals surface area (Å²) in [4.78, 5) is 31.3. The molecule has 0 bridgehead atoms. The highest BCUT2D eigenvalue weighted by molar-refractivity contribution is 7.07. The van der Waals surface area contributed by atoms with E-state index in [2.05, 4.69) is 4.99 Å². The third-order valence-electron chi connectivity index (χ3n) is 5.19. The first kappa shape index (κ1) is 22.7. The summed E-state index contributed by atoms with van der Waals surface area (Å²) in [5.41, 5.74) is 1.89. The number of benzene rings is 2. The first-order chi connectivity index (χ1) is 15.9. The van der Waals surface area contributed by atoms with Gasteiger partial charge in [0.05, 0.1) is 35.1 Å². The second kappa shape index (κ2) is 9.54. The molecule has 8 heteroatoms. The Bertz CT molecular complexity index is 1390. The number of thiazole rings is 1. The smallest absolute Gasteiger partial charge is 0.338 e. The lowest BCUT2D eigenvalue weighted by atomic mass is 9.96. The summed E-state index contributed by atoms with van der Waals surface area (Å²) < 4.78 is 26.3. The van der Waals surface area contributed by atoms with E-state index in [0.29, 0.717) is 27.2 Å². The van der Waals surface area contributed by atoms with Gasteiger partial charge in [0.1, 0.15) is 11.6 Å². The lowest BCUT2D eigenvalue weighted by molar-refractivity contribution is -0.139. The topological polar surface area (TPSA) is 69.9 Å². The van der Waals surface area contributed by atoms with Crippen molar-refractivity contribution in [3.8, 4) is 5.75 Å². The molecule has 0 fully saturated rings. The summed E-state index contributed by atoms with van der Waals surface area (Å²) in [7, 11) is 0. The maximum absolute atomic E-state index is 13.6. The van der Waals surface area contributed by atoms with Gasteiger partial charge in [0.25, 0.3) is 5.56 Å². The zero-order valence-electron chi connectivity index (χ0n) is 18.5. The number of esters is 1. The normalized spacial score (nSPS) is 15.8. The van der Waals surface area contributed by atoms with Gasteiger partial charge < -0.3 is 9.47 Å². The number of hydrogen-bond acceptors (Lipinski definition) is 6. The number of carbonyl (C=O) groups excluding carboxylic acids is 1. The van der Waals surface area contributed by atoms with E-state index < -0.39 is 17.8 Å². The zero-order valence-corrected chi connectivity index (χ0v) is 19.3. The molecule has 0 N–H and O–H groups in total. The van der Waals surface area contributed by atoms with Gasteiger partial charge in [-0.3, -0.25) is 9.36 Å². The molecule has 1 aromatic heterocycles. The molecule has 0 spiro atoms. The number of fused-ring (bicyclic) bond motifs is 1. The molecule has 6 nitrogen and oxygen atoms in total. The third-order valence-corrected chi connectivity index (χ3v) is 6.17. The van der Waals surface area contributed by atoms with Crippen molar-refractivity contribution < 1.29 is 18.7 Å². The molecule has 170 valence electrons. The summed E-state index contributed by atoms with van der Waals surface area (Å²) in [6, 6.07) is 12.4. The summed E-state index contributed by atoms with van der Waals surface area (Å²) >= 11 is 1.24. The summed E-state index contributed by atoms with van der Waals surface area (Å²) in [6.45, 7) is 6.11. The molecule has 1 aliphatic heterocycles. The molecule has 2 aromatic carbocycles. The Balaban J connectivity index is 1.88. The standard InChI is InChI=1S/C25H23FN2O4S/c1-4-31-19-12-6-16(7-13-19)14-20-23(29)28-22(17-8-10-18(26)11-9-17)21(24(30)32-5-2)15(3)27-25(28)33-20/h6-14,22H,4-5H2,1-3H3/b20-14-/t22-/m1/s1. The lowest BCUT2D eigenvalue weighted by Crippen LogP contribution is -2.39. The van der Waals surface area contributed by atoms with Crippen molar-refractivity contribution in [3.05, 3.63) is 96.4 Å². The maximum atomic E-state index is 13.6. The first-order valence-corrected chi connectivity index (χ1v) is 11.4. The van der Waals surface area contributed by atoms with Crippen molar-refractivity contribution in [3.63, 3.8) is 0 Å². The number of rotatable bonds is 6. The van der Waals surface area contributed by atoms with Crippen LogP contribution in [-0.4, -0.2) is 23.8 Å². The van der Waals surface area contributed by atoms with Crippen LogP contribution in [-0.2, 0) is 9.53 Å². The molecule has 0 saturated carbocycles. The van der Waals surface area contributed by atoms with E-state index in [4.69, 9.17) is 9.47 Å². The minimum Gasteiger partial charge on any atom is -0.494 e. The van der Waals surface area contributed by atoms with E-state index in [-0.39, 0.29) is 17.7 Å². The molecule has 0 radical (unpaired) electrons. The molecule has 0 amide bonds. The van der Waals surface area contributed by atoms with Gasteiger partial charge in [-0.1, -0.05) is 35.6 Å². The zero-order chi connectivity index (χ0) is 23.5. The molecule has 0 unspecified atom stereocenters.